The quantitative estimate of drug-likeness (QED) is 0.620. The lowest BCUT2D eigenvalue weighted by atomic mass is 9.63. The molecular weight excluding hydrogens is 480 g/mol. The monoisotopic (exact) mass is 510 g/mol. The summed E-state index contributed by atoms with van der Waals surface area (Å²) in [6.45, 7) is 2.36. The van der Waals surface area contributed by atoms with Gasteiger partial charge in [0.2, 0.25) is 5.91 Å². The third-order valence-corrected chi connectivity index (χ3v) is 9.44. The van der Waals surface area contributed by atoms with Gasteiger partial charge in [-0.25, -0.2) is 0 Å². The number of piperidine rings is 2. The van der Waals surface area contributed by atoms with Crippen LogP contribution in [0.15, 0.2) is 42.5 Å². The van der Waals surface area contributed by atoms with Crippen LogP contribution in [0.5, 0.6) is 5.75 Å². The van der Waals surface area contributed by atoms with E-state index in [1.54, 1.807) is 4.90 Å². The molecule has 0 radical (unpaired) electrons. The van der Waals surface area contributed by atoms with Crippen LogP contribution < -0.4 is 10.1 Å². The second kappa shape index (κ2) is 8.67. The maximum absolute atomic E-state index is 13.2. The van der Waals surface area contributed by atoms with Crippen molar-refractivity contribution in [1.29, 1.82) is 5.26 Å². The van der Waals surface area contributed by atoms with Gasteiger partial charge in [-0.2, -0.15) is 5.26 Å². The minimum absolute atomic E-state index is 0.0954. The molecule has 1 N–H and O–H groups in total. The largest absolute Gasteiger partial charge is 0.489 e. The Morgan fingerprint density at radius 1 is 0.974 bits per heavy atom. The van der Waals surface area contributed by atoms with Gasteiger partial charge in [0.15, 0.2) is 0 Å². The fraction of sp³-hybridized carbons (Fsp3) is 0.467. The Hall–Kier alpha value is -3.70. The fourth-order valence-corrected chi connectivity index (χ4v) is 7.15. The third kappa shape index (κ3) is 3.56. The van der Waals surface area contributed by atoms with E-state index >= 15 is 0 Å². The Morgan fingerprint density at radius 2 is 1.74 bits per heavy atom. The Morgan fingerprint density at radius 3 is 2.47 bits per heavy atom. The number of nitrogens with zero attached hydrogens (tertiary/aromatic N) is 3. The Labute approximate surface area is 221 Å². The summed E-state index contributed by atoms with van der Waals surface area (Å²) in [4.78, 5) is 42.0. The SMILES string of the molecule is N#Cc1ccc(C2CN([C@H]3CCCC[C@@H]3Oc3ccc4c(c3)CN(C35CC(C3)C(=O)NC5=O)C4=O)C2)cc1. The lowest BCUT2D eigenvalue weighted by Gasteiger charge is -2.53. The van der Waals surface area contributed by atoms with Gasteiger partial charge in [0.05, 0.1) is 11.6 Å². The molecule has 2 aromatic carbocycles. The van der Waals surface area contributed by atoms with E-state index in [4.69, 9.17) is 10.00 Å². The summed E-state index contributed by atoms with van der Waals surface area (Å²) in [5.74, 6) is 0.376. The minimum Gasteiger partial charge on any atom is -0.489 e. The average Bonchev–Trinajstić information content (AvgIpc) is 3.19. The van der Waals surface area contributed by atoms with Crippen molar-refractivity contribution in [3.8, 4) is 11.8 Å². The molecule has 8 nitrogen and oxygen atoms in total. The van der Waals surface area contributed by atoms with Crippen LogP contribution in [0.4, 0.5) is 0 Å². The van der Waals surface area contributed by atoms with Gasteiger partial charge in [-0.15, -0.1) is 0 Å². The number of rotatable bonds is 5. The van der Waals surface area contributed by atoms with Crippen LogP contribution in [0.1, 0.15) is 71.5 Å². The maximum Gasteiger partial charge on any atom is 0.255 e. The van der Waals surface area contributed by atoms with Crippen LogP contribution in [-0.2, 0) is 16.1 Å². The second-order valence-corrected chi connectivity index (χ2v) is 11.6. The molecule has 2 atom stereocenters. The molecule has 38 heavy (non-hydrogen) atoms. The summed E-state index contributed by atoms with van der Waals surface area (Å²) in [6.07, 6.45) is 5.39. The van der Waals surface area contributed by atoms with Crippen molar-refractivity contribution in [3.05, 3.63) is 64.7 Å². The summed E-state index contributed by atoms with van der Waals surface area (Å²) in [5.41, 5.74) is 2.58. The number of nitrogens with one attached hydrogen (secondary N) is 1. The number of nitriles is 1. The van der Waals surface area contributed by atoms with Gasteiger partial charge >= 0.3 is 0 Å². The molecule has 2 aromatic rings. The van der Waals surface area contributed by atoms with Crippen LogP contribution >= 0.6 is 0 Å². The van der Waals surface area contributed by atoms with Crippen molar-refractivity contribution < 1.29 is 19.1 Å². The summed E-state index contributed by atoms with van der Waals surface area (Å²) < 4.78 is 6.58. The Kier molecular flexibility index (Phi) is 5.34. The number of imide groups is 1. The van der Waals surface area contributed by atoms with Crippen LogP contribution in [0.2, 0.25) is 0 Å². The molecule has 4 heterocycles. The Bertz CT molecular complexity index is 1370. The molecule has 6 aliphatic rings. The first-order valence-electron chi connectivity index (χ1n) is 13.7. The number of fused-ring (bicyclic) bond motifs is 3. The fourth-order valence-electron chi connectivity index (χ4n) is 7.15. The summed E-state index contributed by atoms with van der Waals surface area (Å²) >= 11 is 0. The molecule has 0 aromatic heterocycles. The van der Waals surface area contributed by atoms with Gasteiger partial charge in [0, 0.05) is 43.1 Å². The van der Waals surface area contributed by atoms with Crippen LogP contribution in [0.3, 0.4) is 0 Å². The molecule has 194 valence electrons. The molecule has 0 spiro atoms. The molecule has 3 amide bonds. The van der Waals surface area contributed by atoms with Crippen molar-refractivity contribution >= 4 is 17.7 Å². The molecule has 8 rings (SSSR count). The van der Waals surface area contributed by atoms with Gasteiger partial charge in [-0.05, 0) is 73.6 Å². The number of hydrogen-bond donors (Lipinski definition) is 1. The van der Waals surface area contributed by atoms with Crippen molar-refractivity contribution in [2.45, 2.75) is 68.7 Å². The maximum atomic E-state index is 13.2. The van der Waals surface area contributed by atoms with E-state index in [2.05, 4.69) is 28.4 Å². The molecular formula is C30H30N4O4. The highest BCUT2D eigenvalue weighted by Gasteiger charge is 2.63. The van der Waals surface area contributed by atoms with E-state index in [-0.39, 0.29) is 29.7 Å². The van der Waals surface area contributed by atoms with E-state index in [1.807, 2.05) is 30.3 Å². The number of likely N-dealkylation sites (tertiary alicyclic amines) is 1. The van der Waals surface area contributed by atoms with Crippen LogP contribution in [-0.4, -0.2) is 58.3 Å². The van der Waals surface area contributed by atoms with Crippen LogP contribution in [0.25, 0.3) is 0 Å². The van der Waals surface area contributed by atoms with E-state index in [1.165, 1.54) is 12.0 Å². The van der Waals surface area contributed by atoms with Crippen molar-refractivity contribution in [2.75, 3.05) is 13.1 Å². The van der Waals surface area contributed by atoms with Gasteiger partial charge in [0.1, 0.15) is 17.4 Å². The normalized spacial score (nSPS) is 30.7. The first kappa shape index (κ1) is 23.4. The Balaban J connectivity index is 1.03. The van der Waals surface area contributed by atoms with E-state index in [0.29, 0.717) is 42.5 Å². The van der Waals surface area contributed by atoms with E-state index in [9.17, 15) is 14.4 Å². The second-order valence-electron chi connectivity index (χ2n) is 11.6. The van der Waals surface area contributed by atoms with Gasteiger partial charge < -0.3 is 9.64 Å². The average molecular weight is 511 g/mol. The number of carbonyl (C=O) groups excluding carboxylic acids is 3. The third-order valence-electron chi connectivity index (χ3n) is 9.44. The number of carbonyl (C=O) groups is 3. The number of benzene rings is 2. The number of amides is 3. The molecule has 2 saturated carbocycles. The smallest absolute Gasteiger partial charge is 0.255 e. The molecule has 8 heteroatoms. The highest BCUT2D eigenvalue weighted by Crippen LogP contribution is 2.49. The molecule has 0 unspecified atom stereocenters. The first-order chi connectivity index (χ1) is 18.4. The van der Waals surface area contributed by atoms with Gasteiger partial charge in [-0.3, -0.25) is 24.6 Å². The first-order valence-corrected chi connectivity index (χ1v) is 13.7. The highest BCUT2D eigenvalue weighted by atomic mass is 16.5. The predicted octanol–water partition coefficient (Wildman–Crippen LogP) is 3.11. The summed E-state index contributed by atoms with van der Waals surface area (Å²) in [6, 6.07) is 16.2. The van der Waals surface area contributed by atoms with Crippen LogP contribution in [0, 0.1) is 17.2 Å². The molecule has 2 bridgehead atoms. The summed E-state index contributed by atoms with van der Waals surface area (Å²) in [7, 11) is 0. The van der Waals surface area contributed by atoms with E-state index < -0.39 is 5.54 Å². The lowest BCUT2D eigenvalue weighted by molar-refractivity contribution is -0.160. The zero-order valence-electron chi connectivity index (χ0n) is 21.2. The van der Waals surface area contributed by atoms with Gasteiger partial charge in [0.25, 0.3) is 11.8 Å². The predicted molar refractivity (Wildman–Crippen MR) is 137 cm³/mol. The summed E-state index contributed by atoms with van der Waals surface area (Å²) in [5, 5.41) is 11.5. The van der Waals surface area contributed by atoms with Crippen molar-refractivity contribution in [1.82, 2.24) is 15.1 Å². The molecule has 3 saturated heterocycles. The van der Waals surface area contributed by atoms with E-state index in [0.717, 1.165) is 43.7 Å². The zero-order chi connectivity index (χ0) is 26.0. The topological polar surface area (TPSA) is 103 Å². The highest BCUT2D eigenvalue weighted by molar-refractivity contribution is 6.10. The minimum atomic E-state index is -0.896. The van der Waals surface area contributed by atoms with Crippen molar-refractivity contribution in [2.24, 2.45) is 5.92 Å². The number of hydrogen-bond acceptors (Lipinski definition) is 6. The van der Waals surface area contributed by atoms with Gasteiger partial charge in [-0.1, -0.05) is 18.6 Å². The van der Waals surface area contributed by atoms with Crippen molar-refractivity contribution in [3.63, 3.8) is 0 Å². The number of ether oxygens (including phenoxy) is 1. The molecule has 4 aliphatic heterocycles. The molecule has 2 aliphatic carbocycles. The molecule has 5 fully saturated rings. The lowest BCUT2D eigenvalue weighted by Crippen LogP contribution is -2.73. The standard InChI is InChI=1S/C30H30N4O4/c31-14-18-5-7-19(8-6-18)22-15-33(16-22)25-3-1-2-4-26(25)38-23-9-10-24-20(11-23)17-34(28(24)36)30-12-21(13-30)27(35)32-29(30)37/h5-11,21-22,25-26H,1-4,12-13,15-17H2,(H,32,35,37)/t21?,25-,26-,30?/m0/s1. The zero-order valence-corrected chi connectivity index (χ0v) is 21.2.